The van der Waals surface area contributed by atoms with Gasteiger partial charge in [-0.25, -0.2) is 19.9 Å². The van der Waals surface area contributed by atoms with Gasteiger partial charge in [-0.3, -0.25) is 0 Å². The number of nitrogens with zero attached hydrogens (tertiary/aromatic N) is 4. The Bertz CT molecular complexity index is 534. The molecule has 0 saturated heterocycles. The maximum Gasteiger partial charge on any atom is 0.216 e. The van der Waals surface area contributed by atoms with Crippen molar-refractivity contribution >= 4 is 28.4 Å². The number of aromatic nitrogens is 4. The van der Waals surface area contributed by atoms with E-state index in [1.807, 2.05) is 7.05 Å². The average molecular weight is 343 g/mol. The van der Waals surface area contributed by atoms with E-state index in [0.717, 1.165) is 9.39 Å². The fourth-order valence-electron chi connectivity index (χ4n) is 1.24. The molecule has 0 aliphatic carbocycles. The van der Waals surface area contributed by atoms with Crippen molar-refractivity contribution in [3.8, 4) is 17.4 Å². The molecule has 0 atom stereocenters. The Morgan fingerprint density at radius 2 is 2.12 bits per heavy atom. The first-order chi connectivity index (χ1) is 8.24. The molecule has 88 valence electrons. The Kier molecular flexibility index (Phi) is 3.67. The minimum absolute atomic E-state index is 0.489. The lowest BCUT2D eigenvalue weighted by Gasteiger charge is -2.05. The molecule has 0 saturated carbocycles. The van der Waals surface area contributed by atoms with E-state index in [4.69, 9.17) is 4.74 Å². The van der Waals surface area contributed by atoms with Crippen LogP contribution < -0.4 is 10.1 Å². The number of halogens is 1. The normalized spacial score (nSPS) is 10.1. The van der Waals surface area contributed by atoms with Crippen LogP contribution in [0.2, 0.25) is 0 Å². The lowest BCUT2D eigenvalue weighted by molar-refractivity contribution is 0.397. The molecule has 2 rings (SSSR count). The molecule has 2 aromatic heterocycles. The van der Waals surface area contributed by atoms with E-state index in [1.54, 1.807) is 19.4 Å². The molecule has 0 spiro atoms. The van der Waals surface area contributed by atoms with Crippen LogP contribution in [0.5, 0.6) is 5.88 Å². The molecule has 0 radical (unpaired) electrons. The molecule has 0 amide bonds. The highest BCUT2D eigenvalue weighted by molar-refractivity contribution is 14.1. The topological polar surface area (TPSA) is 72.8 Å². The van der Waals surface area contributed by atoms with Gasteiger partial charge in [0.05, 0.1) is 10.7 Å². The molecule has 0 aliphatic heterocycles. The highest BCUT2D eigenvalue weighted by atomic mass is 127. The second kappa shape index (κ2) is 5.21. The number of nitrogens with one attached hydrogen (secondary N) is 1. The van der Waals surface area contributed by atoms with Gasteiger partial charge >= 0.3 is 0 Å². The zero-order chi connectivity index (χ0) is 12.3. The van der Waals surface area contributed by atoms with Crippen molar-refractivity contribution in [3.05, 3.63) is 22.2 Å². The highest BCUT2D eigenvalue weighted by Crippen LogP contribution is 2.20. The summed E-state index contributed by atoms with van der Waals surface area (Å²) in [6, 6.07) is 1.70. The SMILES string of the molecule is CNc1nc(-c2cc(OC)ncn2)ncc1I. The van der Waals surface area contributed by atoms with Crippen molar-refractivity contribution in [1.82, 2.24) is 19.9 Å². The van der Waals surface area contributed by atoms with Gasteiger partial charge in [0.2, 0.25) is 5.88 Å². The summed E-state index contributed by atoms with van der Waals surface area (Å²) in [5, 5.41) is 3.00. The minimum Gasteiger partial charge on any atom is -0.481 e. The molecule has 0 aliphatic rings. The number of hydrogen-bond donors (Lipinski definition) is 1. The van der Waals surface area contributed by atoms with Crippen molar-refractivity contribution in [3.63, 3.8) is 0 Å². The van der Waals surface area contributed by atoms with E-state index in [-0.39, 0.29) is 0 Å². The number of methoxy groups -OCH3 is 1. The molecule has 0 unspecified atom stereocenters. The summed E-state index contributed by atoms with van der Waals surface area (Å²) >= 11 is 2.17. The average Bonchev–Trinajstić information content (AvgIpc) is 2.39. The lowest BCUT2D eigenvalue weighted by Crippen LogP contribution is -2.00. The third kappa shape index (κ3) is 2.60. The van der Waals surface area contributed by atoms with Crippen LogP contribution in [0.25, 0.3) is 11.5 Å². The van der Waals surface area contributed by atoms with Crippen LogP contribution in [0.1, 0.15) is 0 Å². The van der Waals surface area contributed by atoms with Crippen molar-refractivity contribution in [2.45, 2.75) is 0 Å². The molecule has 6 nitrogen and oxygen atoms in total. The van der Waals surface area contributed by atoms with Crippen molar-refractivity contribution in [2.75, 3.05) is 19.5 Å². The Balaban J connectivity index is 2.45. The predicted octanol–water partition coefficient (Wildman–Crippen LogP) is 1.59. The Labute approximate surface area is 112 Å². The molecule has 1 N–H and O–H groups in total. The summed E-state index contributed by atoms with van der Waals surface area (Å²) in [7, 11) is 3.37. The van der Waals surface area contributed by atoms with E-state index in [9.17, 15) is 0 Å². The quantitative estimate of drug-likeness (QED) is 0.854. The lowest BCUT2D eigenvalue weighted by atomic mass is 10.3. The van der Waals surface area contributed by atoms with Crippen LogP contribution in [0.3, 0.4) is 0 Å². The van der Waals surface area contributed by atoms with Crippen LogP contribution in [0, 0.1) is 3.57 Å². The molecule has 0 aromatic carbocycles. The first-order valence-electron chi connectivity index (χ1n) is 4.81. The maximum atomic E-state index is 5.03. The largest absolute Gasteiger partial charge is 0.481 e. The van der Waals surface area contributed by atoms with Crippen LogP contribution in [-0.4, -0.2) is 34.1 Å². The van der Waals surface area contributed by atoms with Crippen molar-refractivity contribution < 1.29 is 4.74 Å². The first-order valence-corrected chi connectivity index (χ1v) is 5.89. The summed E-state index contributed by atoms with van der Waals surface area (Å²) in [6.07, 6.45) is 3.16. The van der Waals surface area contributed by atoms with Crippen LogP contribution in [0.15, 0.2) is 18.6 Å². The van der Waals surface area contributed by atoms with Crippen molar-refractivity contribution in [2.24, 2.45) is 0 Å². The molecule has 2 heterocycles. The smallest absolute Gasteiger partial charge is 0.216 e. The van der Waals surface area contributed by atoms with Gasteiger partial charge in [-0.2, -0.15) is 0 Å². The van der Waals surface area contributed by atoms with Gasteiger partial charge in [-0.05, 0) is 22.6 Å². The summed E-state index contributed by atoms with van der Waals surface area (Å²) in [6.45, 7) is 0. The molecule has 2 aromatic rings. The summed E-state index contributed by atoms with van der Waals surface area (Å²) in [5.74, 6) is 1.80. The second-order valence-electron chi connectivity index (χ2n) is 3.09. The molecular formula is C10H10IN5O. The summed E-state index contributed by atoms with van der Waals surface area (Å²) < 4.78 is 5.99. The second-order valence-corrected chi connectivity index (χ2v) is 4.25. The molecule has 7 heteroatoms. The minimum atomic E-state index is 0.489. The third-order valence-corrected chi connectivity index (χ3v) is 2.85. The van der Waals surface area contributed by atoms with Gasteiger partial charge < -0.3 is 10.1 Å². The monoisotopic (exact) mass is 343 g/mol. The zero-order valence-corrected chi connectivity index (χ0v) is 11.5. The standard InChI is InChI=1S/C10H10IN5O/c1-12-9-6(11)4-13-10(16-9)7-3-8(17-2)15-5-14-7/h3-5H,1-2H3,(H,12,13,16). The number of hydrogen-bond acceptors (Lipinski definition) is 6. The van der Waals surface area contributed by atoms with Crippen LogP contribution in [-0.2, 0) is 0 Å². The zero-order valence-electron chi connectivity index (χ0n) is 9.31. The summed E-state index contributed by atoms with van der Waals surface area (Å²) in [5.41, 5.74) is 0.629. The van der Waals surface area contributed by atoms with Gasteiger partial charge in [-0.15, -0.1) is 0 Å². The van der Waals surface area contributed by atoms with Crippen LogP contribution in [0.4, 0.5) is 5.82 Å². The first kappa shape index (κ1) is 12.0. The van der Waals surface area contributed by atoms with E-state index in [0.29, 0.717) is 17.4 Å². The van der Waals surface area contributed by atoms with Gasteiger partial charge in [0.1, 0.15) is 17.8 Å². The predicted molar refractivity (Wildman–Crippen MR) is 71.9 cm³/mol. The van der Waals surface area contributed by atoms with Gasteiger partial charge in [0.25, 0.3) is 0 Å². The Morgan fingerprint density at radius 3 is 2.82 bits per heavy atom. The molecule has 17 heavy (non-hydrogen) atoms. The van der Waals surface area contributed by atoms with E-state index >= 15 is 0 Å². The van der Waals surface area contributed by atoms with Gasteiger partial charge in [-0.1, -0.05) is 0 Å². The molecule has 0 fully saturated rings. The van der Waals surface area contributed by atoms with Crippen LogP contribution >= 0.6 is 22.6 Å². The number of rotatable bonds is 3. The highest BCUT2D eigenvalue weighted by Gasteiger charge is 2.08. The van der Waals surface area contributed by atoms with E-state index in [2.05, 4.69) is 47.8 Å². The number of ether oxygens (including phenoxy) is 1. The van der Waals surface area contributed by atoms with E-state index in [1.165, 1.54) is 6.33 Å². The van der Waals surface area contributed by atoms with Crippen molar-refractivity contribution in [1.29, 1.82) is 0 Å². The Hall–Kier alpha value is -1.51. The third-order valence-electron chi connectivity index (χ3n) is 2.06. The maximum absolute atomic E-state index is 5.03. The summed E-state index contributed by atoms with van der Waals surface area (Å²) in [4.78, 5) is 16.6. The molecular weight excluding hydrogens is 333 g/mol. The Morgan fingerprint density at radius 1 is 1.29 bits per heavy atom. The van der Waals surface area contributed by atoms with Gasteiger partial charge in [0, 0.05) is 19.3 Å². The fourth-order valence-corrected chi connectivity index (χ4v) is 1.77. The molecule has 0 bridgehead atoms. The number of anilines is 1. The fraction of sp³-hybridized carbons (Fsp3) is 0.200. The van der Waals surface area contributed by atoms with E-state index < -0.39 is 0 Å². The van der Waals surface area contributed by atoms with Gasteiger partial charge in [0.15, 0.2) is 5.82 Å².